The average molecular weight is 416 g/mol. The summed E-state index contributed by atoms with van der Waals surface area (Å²) in [7, 11) is 1.72. The number of carbonyl (C=O) groups excluding carboxylic acids is 3. The van der Waals surface area contributed by atoms with Gasteiger partial charge in [-0.2, -0.15) is 0 Å². The highest BCUT2D eigenvalue weighted by Crippen LogP contribution is 2.17. The third-order valence-electron chi connectivity index (χ3n) is 4.50. The summed E-state index contributed by atoms with van der Waals surface area (Å²) in [6.45, 7) is 1.49. The maximum atomic E-state index is 12.6. The average Bonchev–Trinajstić information content (AvgIpc) is 2.78. The lowest BCUT2D eigenvalue weighted by Gasteiger charge is -2.17. The Balaban J connectivity index is 1.54. The van der Waals surface area contributed by atoms with Gasteiger partial charge in [0.1, 0.15) is 0 Å². The van der Waals surface area contributed by atoms with E-state index < -0.39 is 0 Å². The minimum Gasteiger partial charge on any atom is -0.376 e. The zero-order valence-electron chi connectivity index (χ0n) is 17.4. The van der Waals surface area contributed by atoms with Gasteiger partial charge in [-0.25, -0.2) is 0 Å². The monoisotopic (exact) mass is 416 g/mol. The highest BCUT2D eigenvalue weighted by molar-refractivity contribution is 6.06. The van der Waals surface area contributed by atoms with Gasteiger partial charge in [-0.3, -0.25) is 14.4 Å². The van der Waals surface area contributed by atoms with Gasteiger partial charge in [0.2, 0.25) is 11.8 Å². The van der Waals surface area contributed by atoms with Crippen LogP contribution in [0.2, 0.25) is 0 Å². The Hall–Kier alpha value is -4.13. The predicted molar refractivity (Wildman–Crippen MR) is 123 cm³/mol. The highest BCUT2D eigenvalue weighted by Gasteiger charge is 2.13. The number of nitrogens with zero attached hydrogens (tertiary/aromatic N) is 1. The molecule has 0 spiro atoms. The Morgan fingerprint density at radius 2 is 1.45 bits per heavy atom. The second-order valence-electron chi connectivity index (χ2n) is 6.94. The van der Waals surface area contributed by atoms with Crippen LogP contribution in [0.3, 0.4) is 0 Å². The smallest absolute Gasteiger partial charge is 0.258 e. The van der Waals surface area contributed by atoms with Gasteiger partial charge in [-0.05, 0) is 54.6 Å². The highest BCUT2D eigenvalue weighted by atomic mass is 16.2. The summed E-state index contributed by atoms with van der Waals surface area (Å²) in [5.41, 5.74) is 3.29. The van der Waals surface area contributed by atoms with Crippen molar-refractivity contribution in [2.75, 3.05) is 34.4 Å². The van der Waals surface area contributed by atoms with E-state index in [2.05, 4.69) is 16.0 Å². The normalized spacial score (nSPS) is 10.1. The molecule has 3 amide bonds. The van der Waals surface area contributed by atoms with Gasteiger partial charge in [0.05, 0.1) is 6.54 Å². The van der Waals surface area contributed by atoms with Gasteiger partial charge in [-0.15, -0.1) is 0 Å². The molecule has 0 saturated carbocycles. The predicted octanol–water partition coefficient (Wildman–Crippen LogP) is 3.97. The van der Waals surface area contributed by atoms with Gasteiger partial charge < -0.3 is 20.9 Å². The van der Waals surface area contributed by atoms with Crippen molar-refractivity contribution in [3.05, 3.63) is 84.4 Å². The molecule has 7 heteroatoms. The molecular weight excluding hydrogens is 392 g/mol. The van der Waals surface area contributed by atoms with Gasteiger partial charge in [0, 0.05) is 42.3 Å². The Labute approximate surface area is 181 Å². The zero-order valence-corrected chi connectivity index (χ0v) is 17.4. The SMILES string of the molecule is CC(=O)Nc1cccc(NCC(=O)Nc2ccc(C(=O)N(C)c3ccccc3)cc2)c1. The van der Waals surface area contributed by atoms with E-state index in [4.69, 9.17) is 0 Å². The van der Waals surface area contributed by atoms with Crippen LogP contribution in [0.1, 0.15) is 17.3 Å². The molecule has 0 atom stereocenters. The lowest BCUT2D eigenvalue weighted by atomic mass is 10.1. The maximum Gasteiger partial charge on any atom is 0.258 e. The van der Waals surface area contributed by atoms with E-state index in [0.717, 1.165) is 5.69 Å². The van der Waals surface area contributed by atoms with Crippen molar-refractivity contribution >= 4 is 40.5 Å². The molecule has 0 aliphatic rings. The molecule has 0 aliphatic carbocycles. The van der Waals surface area contributed by atoms with Gasteiger partial charge >= 0.3 is 0 Å². The summed E-state index contributed by atoms with van der Waals surface area (Å²) in [5, 5.41) is 8.50. The van der Waals surface area contributed by atoms with E-state index in [1.165, 1.54) is 6.92 Å². The number of hydrogen-bond acceptors (Lipinski definition) is 4. The summed E-state index contributed by atoms with van der Waals surface area (Å²) >= 11 is 0. The second kappa shape index (κ2) is 10.1. The quantitative estimate of drug-likeness (QED) is 0.544. The fraction of sp³-hybridized carbons (Fsp3) is 0.125. The molecule has 0 radical (unpaired) electrons. The lowest BCUT2D eigenvalue weighted by molar-refractivity contribution is -0.115. The minimum atomic E-state index is -0.231. The lowest BCUT2D eigenvalue weighted by Crippen LogP contribution is -2.26. The Bertz CT molecular complexity index is 1070. The molecule has 158 valence electrons. The van der Waals surface area contributed by atoms with Crippen LogP contribution < -0.4 is 20.9 Å². The van der Waals surface area contributed by atoms with Crippen LogP contribution >= 0.6 is 0 Å². The molecule has 3 aromatic rings. The van der Waals surface area contributed by atoms with Crippen molar-refractivity contribution in [2.24, 2.45) is 0 Å². The Morgan fingerprint density at radius 3 is 2.13 bits per heavy atom. The molecule has 0 aromatic heterocycles. The standard InChI is InChI=1S/C24H24N4O3/c1-17(29)26-21-8-6-7-20(15-21)25-16-23(30)27-19-13-11-18(12-14-19)24(31)28(2)22-9-4-3-5-10-22/h3-15,25H,16H2,1-2H3,(H,26,29)(H,27,30). The Kier molecular flexibility index (Phi) is 7.01. The first-order chi connectivity index (χ1) is 14.9. The van der Waals surface area contributed by atoms with E-state index >= 15 is 0 Å². The van der Waals surface area contributed by atoms with Crippen LogP contribution in [0.5, 0.6) is 0 Å². The molecule has 31 heavy (non-hydrogen) atoms. The molecule has 3 rings (SSSR count). The molecule has 0 heterocycles. The topological polar surface area (TPSA) is 90.5 Å². The molecule has 0 aliphatic heterocycles. The number of nitrogens with one attached hydrogen (secondary N) is 3. The largest absolute Gasteiger partial charge is 0.376 e. The van der Waals surface area contributed by atoms with Gasteiger partial charge in [0.15, 0.2) is 0 Å². The van der Waals surface area contributed by atoms with Crippen molar-refractivity contribution in [1.29, 1.82) is 0 Å². The van der Waals surface area contributed by atoms with E-state index in [0.29, 0.717) is 22.6 Å². The van der Waals surface area contributed by atoms with Crippen LogP contribution in [0, 0.1) is 0 Å². The third kappa shape index (κ3) is 6.17. The molecule has 7 nitrogen and oxygen atoms in total. The van der Waals surface area contributed by atoms with Crippen LogP contribution in [-0.4, -0.2) is 31.3 Å². The van der Waals surface area contributed by atoms with E-state index in [1.54, 1.807) is 54.4 Å². The molecule has 0 bridgehead atoms. The number of benzene rings is 3. The van der Waals surface area contributed by atoms with Crippen molar-refractivity contribution in [1.82, 2.24) is 0 Å². The molecule has 0 saturated heterocycles. The van der Waals surface area contributed by atoms with Crippen molar-refractivity contribution < 1.29 is 14.4 Å². The first-order valence-electron chi connectivity index (χ1n) is 9.77. The van der Waals surface area contributed by atoms with E-state index in [1.807, 2.05) is 36.4 Å². The van der Waals surface area contributed by atoms with Gasteiger partial charge in [-0.1, -0.05) is 24.3 Å². The van der Waals surface area contributed by atoms with Crippen LogP contribution in [0.4, 0.5) is 22.7 Å². The molecule has 3 aromatic carbocycles. The number of para-hydroxylation sites is 1. The number of anilines is 4. The van der Waals surface area contributed by atoms with E-state index in [-0.39, 0.29) is 24.3 Å². The number of carbonyl (C=O) groups is 3. The van der Waals surface area contributed by atoms with Crippen LogP contribution in [0.15, 0.2) is 78.9 Å². The summed E-state index contributed by atoms with van der Waals surface area (Å²) < 4.78 is 0. The number of amides is 3. The number of rotatable bonds is 7. The van der Waals surface area contributed by atoms with Gasteiger partial charge in [0.25, 0.3) is 5.91 Å². The summed E-state index contributed by atoms with van der Waals surface area (Å²) in [4.78, 5) is 37.6. The zero-order chi connectivity index (χ0) is 22.2. The minimum absolute atomic E-state index is 0.0565. The summed E-state index contributed by atoms with van der Waals surface area (Å²) in [6, 6.07) is 23.2. The Morgan fingerprint density at radius 1 is 0.774 bits per heavy atom. The summed E-state index contributed by atoms with van der Waals surface area (Å²) in [5.74, 6) is -0.526. The van der Waals surface area contributed by atoms with Crippen LogP contribution in [0.25, 0.3) is 0 Å². The summed E-state index contributed by atoms with van der Waals surface area (Å²) in [6.07, 6.45) is 0. The molecule has 0 fully saturated rings. The van der Waals surface area contributed by atoms with E-state index in [9.17, 15) is 14.4 Å². The second-order valence-corrected chi connectivity index (χ2v) is 6.94. The maximum absolute atomic E-state index is 12.6. The first-order valence-corrected chi connectivity index (χ1v) is 9.77. The molecule has 0 unspecified atom stereocenters. The van der Waals surface area contributed by atoms with Crippen molar-refractivity contribution in [3.8, 4) is 0 Å². The fourth-order valence-electron chi connectivity index (χ4n) is 2.96. The van der Waals surface area contributed by atoms with Crippen molar-refractivity contribution in [2.45, 2.75) is 6.92 Å². The molecular formula is C24H24N4O3. The fourth-order valence-corrected chi connectivity index (χ4v) is 2.96. The molecule has 3 N–H and O–H groups in total. The number of hydrogen-bond donors (Lipinski definition) is 3. The third-order valence-corrected chi connectivity index (χ3v) is 4.50. The van der Waals surface area contributed by atoms with Crippen LogP contribution in [-0.2, 0) is 9.59 Å². The first kappa shape index (κ1) is 21.6. The van der Waals surface area contributed by atoms with Crippen molar-refractivity contribution in [3.63, 3.8) is 0 Å².